The Labute approximate surface area is 197 Å². The number of aliphatic carboxylic acids is 1. The van der Waals surface area contributed by atoms with Crippen molar-refractivity contribution in [3.8, 4) is 0 Å². The van der Waals surface area contributed by atoms with E-state index in [0.29, 0.717) is 35.4 Å². The summed E-state index contributed by atoms with van der Waals surface area (Å²) >= 11 is 6.03. The molecule has 2 aromatic carbocycles. The summed E-state index contributed by atoms with van der Waals surface area (Å²) in [4.78, 5) is 25.3. The largest absolute Gasteiger partial charge is 0.481 e. The number of rotatable bonds is 6. The zero-order valence-corrected chi connectivity index (χ0v) is 19.1. The van der Waals surface area contributed by atoms with Crippen LogP contribution in [0.3, 0.4) is 0 Å². The third kappa shape index (κ3) is 3.54. The molecule has 2 unspecified atom stereocenters. The summed E-state index contributed by atoms with van der Waals surface area (Å²) in [5.41, 5.74) is 2.48. The second-order valence-corrected chi connectivity index (χ2v) is 10.6. The second-order valence-electron chi connectivity index (χ2n) is 10.2. The number of amides is 1. The second kappa shape index (κ2) is 7.63. The highest BCUT2D eigenvalue weighted by atomic mass is 35.5. The summed E-state index contributed by atoms with van der Waals surface area (Å²) in [5.74, 6) is 0.178. The van der Waals surface area contributed by atoms with Gasteiger partial charge in [0.25, 0.3) is 5.91 Å². The van der Waals surface area contributed by atoms with Gasteiger partial charge in [-0.15, -0.1) is 0 Å². The van der Waals surface area contributed by atoms with Gasteiger partial charge in [0.05, 0.1) is 17.0 Å². The Hall–Kier alpha value is -2.79. The average Bonchev–Trinajstić information content (AvgIpc) is 3.46. The average molecular weight is 463 g/mol. The smallest absolute Gasteiger partial charge is 0.306 e. The van der Waals surface area contributed by atoms with Gasteiger partial charge in [-0.05, 0) is 79.7 Å². The van der Waals surface area contributed by atoms with Crippen LogP contribution in [0.4, 0.5) is 0 Å². The molecule has 2 atom stereocenters. The topological polar surface area (TPSA) is 71.3 Å². The molecular formula is C27H27ClN2O3. The molecule has 4 fully saturated rings. The van der Waals surface area contributed by atoms with Crippen LogP contribution >= 0.6 is 11.6 Å². The molecule has 3 aromatic rings. The highest BCUT2D eigenvalue weighted by Gasteiger charge is 2.60. The van der Waals surface area contributed by atoms with E-state index in [-0.39, 0.29) is 23.3 Å². The Kier molecular flexibility index (Phi) is 4.80. The third-order valence-corrected chi connectivity index (χ3v) is 8.59. The Morgan fingerprint density at radius 3 is 2.48 bits per heavy atom. The fourth-order valence-corrected chi connectivity index (χ4v) is 6.51. The van der Waals surface area contributed by atoms with E-state index in [9.17, 15) is 14.7 Å². The number of nitrogens with one attached hydrogen (secondary N) is 1. The highest BCUT2D eigenvalue weighted by molar-refractivity contribution is 6.30. The van der Waals surface area contributed by atoms with Crippen LogP contribution in [0.25, 0.3) is 10.9 Å². The van der Waals surface area contributed by atoms with Gasteiger partial charge in [-0.25, -0.2) is 0 Å². The lowest BCUT2D eigenvalue weighted by atomic mass is 9.53. The molecule has 0 radical (unpaired) electrons. The lowest BCUT2D eigenvalue weighted by Gasteiger charge is -2.52. The van der Waals surface area contributed by atoms with Crippen molar-refractivity contribution in [3.05, 3.63) is 70.9 Å². The molecule has 6 heteroatoms. The van der Waals surface area contributed by atoms with E-state index in [4.69, 9.17) is 11.6 Å². The number of carbonyl (C=O) groups is 2. The SMILES string of the molecule is O=C(NC1(C2CC(C(=O)O)C3CC2C3)CC1)c1cccc2ccn(Cc3ccc(Cl)cc3)c12. The molecule has 1 aromatic heterocycles. The highest BCUT2D eigenvalue weighted by Crippen LogP contribution is 2.60. The van der Waals surface area contributed by atoms with Gasteiger partial charge in [0.15, 0.2) is 0 Å². The first-order valence-electron chi connectivity index (χ1n) is 11.8. The molecule has 5 nitrogen and oxygen atoms in total. The van der Waals surface area contributed by atoms with Crippen molar-refractivity contribution in [2.75, 3.05) is 0 Å². The maximum absolute atomic E-state index is 13.6. The minimum absolute atomic E-state index is 0.0533. The normalized spacial score (nSPS) is 27.1. The van der Waals surface area contributed by atoms with Crippen molar-refractivity contribution in [1.29, 1.82) is 0 Å². The third-order valence-electron chi connectivity index (χ3n) is 8.33. The minimum Gasteiger partial charge on any atom is -0.481 e. The van der Waals surface area contributed by atoms with E-state index in [2.05, 4.69) is 9.88 Å². The first-order chi connectivity index (χ1) is 15.9. The maximum Gasteiger partial charge on any atom is 0.306 e. The fraction of sp³-hybridized carbons (Fsp3) is 0.407. The van der Waals surface area contributed by atoms with Gasteiger partial charge >= 0.3 is 5.97 Å². The zero-order chi connectivity index (χ0) is 22.7. The molecule has 33 heavy (non-hydrogen) atoms. The lowest BCUT2D eigenvalue weighted by Crippen LogP contribution is -2.54. The molecule has 7 rings (SSSR count). The van der Waals surface area contributed by atoms with Crippen LogP contribution in [-0.2, 0) is 11.3 Å². The number of halogens is 1. The molecule has 2 bridgehead atoms. The van der Waals surface area contributed by atoms with E-state index in [1.807, 2.05) is 54.7 Å². The summed E-state index contributed by atoms with van der Waals surface area (Å²) < 4.78 is 2.12. The number of benzene rings is 2. The first kappa shape index (κ1) is 20.8. The van der Waals surface area contributed by atoms with Crippen LogP contribution in [0.2, 0.25) is 5.02 Å². The predicted octanol–water partition coefficient (Wildman–Crippen LogP) is 5.35. The molecule has 4 aliphatic carbocycles. The molecule has 0 aliphatic heterocycles. The summed E-state index contributed by atoms with van der Waals surface area (Å²) in [6.07, 6.45) is 6.60. The van der Waals surface area contributed by atoms with E-state index >= 15 is 0 Å². The summed E-state index contributed by atoms with van der Waals surface area (Å²) in [5, 5.41) is 14.8. The van der Waals surface area contributed by atoms with E-state index < -0.39 is 5.97 Å². The number of para-hydroxylation sites is 1. The number of carboxylic acid groups (broad SMARTS) is 1. The molecule has 4 aliphatic rings. The number of hydrogen-bond acceptors (Lipinski definition) is 2. The molecule has 1 amide bonds. The van der Waals surface area contributed by atoms with E-state index in [1.54, 1.807) is 0 Å². The molecular weight excluding hydrogens is 436 g/mol. The maximum atomic E-state index is 13.6. The first-order valence-corrected chi connectivity index (χ1v) is 12.2. The van der Waals surface area contributed by atoms with Crippen molar-refractivity contribution in [2.45, 2.75) is 44.2 Å². The number of fused-ring (bicyclic) bond motifs is 3. The van der Waals surface area contributed by atoms with Gasteiger partial charge in [-0.2, -0.15) is 0 Å². The Bertz CT molecular complexity index is 1240. The van der Waals surface area contributed by atoms with Crippen LogP contribution in [0, 0.1) is 23.7 Å². The van der Waals surface area contributed by atoms with Crippen LogP contribution in [0.5, 0.6) is 0 Å². The lowest BCUT2D eigenvalue weighted by molar-refractivity contribution is -0.153. The monoisotopic (exact) mass is 462 g/mol. The number of carbonyl (C=O) groups excluding carboxylic acids is 1. The van der Waals surface area contributed by atoms with Crippen LogP contribution in [-0.4, -0.2) is 27.1 Å². The molecule has 1 heterocycles. The molecule has 0 saturated heterocycles. The van der Waals surface area contributed by atoms with E-state index in [0.717, 1.165) is 42.1 Å². The van der Waals surface area contributed by atoms with Gasteiger partial charge in [-0.3, -0.25) is 9.59 Å². The summed E-state index contributed by atoms with van der Waals surface area (Å²) in [6, 6.07) is 15.7. The van der Waals surface area contributed by atoms with Crippen molar-refractivity contribution in [2.24, 2.45) is 23.7 Å². The molecule has 2 N–H and O–H groups in total. The molecule has 4 saturated carbocycles. The molecule has 170 valence electrons. The summed E-state index contributed by atoms with van der Waals surface area (Å²) in [7, 11) is 0. The van der Waals surface area contributed by atoms with Crippen molar-refractivity contribution in [3.63, 3.8) is 0 Å². The number of hydrogen-bond donors (Lipinski definition) is 2. The zero-order valence-electron chi connectivity index (χ0n) is 18.3. The van der Waals surface area contributed by atoms with E-state index in [1.165, 1.54) is 0 Å². The number of nitrogens with zero attached hydrogens (tertiary/aromatic N) is 1. The quantitative estimate of drug-likeness (QED) is 0.518. The Balaban J connectivity index is 1.27. The van der Waals surface area contributed by atoms with Gasteiger partial charge in [0.1, 0.15) is 0 Å². The summed E-state index contributed by atoms with van der Waals surface area (Å²) in [6.45, 7) is 0.655. The van der Waals surface area contributed by atoms with Gasteiger partial charge < -0.3 is 15.0 Å². The Morgan fingerprint density at radius 1 is 1.03 bits per heavy atom. The van der Waals surface area contributed by atoms with Crippen LogP contribution < -0.4 is 5.32 Å². The van der Waals surface area contributed by atoms with Crippen LogP contribution in [0.1, 0.15) is 48.0 Å². The molecule has 0 spiro atoms. The fourth-order valence-electron chi connectivity index (χ4n) is 6.38. The predicted molar refractivity (Wildman–Crippen MR) is 127 cm³/mol. The number of aromatic nitrogens is 1. The van der Waals surface area contributed by atoms with Gasteiger partial charge in [-0.1, -0.05) is 35.9 Å². The Morgan fingerprint density at radius 2 is 1.79 bits per heavy atom. The van der Waals surface area contributed by atoms with Crippen LogP contribution in [0.15, 0.2) is 54.7 Å². The van der Waals surface area contributed by atoms with Crippen molar-refractivity contribution in [1.82, 2.24) is 9.88 Å². The van der Waals surface area contributed by atoms with Gasteiger partial charge in [0, 0.05) is 28.7 Å². The number of carboxylic acids is 1. The van der Waals surface area contributed by atoms with Crippen molar-refractivity contribution < 1.29 is 14.7 Å². The van der Waals surface area contributed by atoms with Crippen molar-refractivity contribution >= 4 is 34.4 Å². The minimum atomic E-state index is -0.671. The van der Waals surface area contributed by atoms with Gasteiger partial charge in [0.2, 0.25) is 0 Å². The standard InChI is InChI=1S/C27H27ClN2O3/c28-20-6-4-16(5-7-20)15-30-11-8-17-2-1-3-21(24(17)30)25(31)29-27(9-10-27)23-14-22(26(32)33)18-12-19(23)13-18/h1-8,11,18-19,22-23H,9-10,12-15H2,(H,29,31)(H,32,33).